The van der Waals surface area contributed by atoms with Gasteiger partial charge in [-0.05, 0) is 13.3 Å². The Labute approximate surface area is 117 Å². The summed E-state index contributed by atoms with van der Waals surface area (Å²) in [6.07, 6.45) is 2.42. The van der Waals surface area contributed by atoms with E-state index in [0.717, 1.165) is 6.42 Å². The van der Waals surface area contributed by atoms with Gasteiger partial charge in [-0.3, -0.25) is 10.1 Å². The second-order valence-corrected chi connectivity index (χ2v) is 4.07. The van der Waals surface area contributed by atoms with Crippen molar-refractivity contribution >= 4 is 17.3 Å². The largest absolute Gasteiger partial charge is 0.364 e. The number of nitro groups is 1. The molecule has 8 heteroatoms. The van der Waals surface area contributed by atoms with Crippen LogP contribution >= 0.6 is 0 Å². The van der Waals surface area contributed by atoms with Crippen molar-refractivity contribution in [2.75, 3.05) is 29.9 Å². The standard InChI is InChI=1S/C12H18N6O2/c1-3-7-14-11-10(18(19)20)12(16-9-15-11)17(4-2)8-5-6-13/h9H,3-5,7-8H2,1-2H3,(H,14,15,16). The lowest BCUT2D eigenvalue weighted by atomic mass is 10.3. The molecule has 1 rings (SSSR count). The van der Waals surface area contributed by atoms with E-state index in [1.54, 1.807) is 4.90 Å². The number of nitrogens with zero attached hydrogens (tertiary/aromatic N) is 5. The summed E-state index contributed by atoms with van der Waals surface area (Å²) in [5, 5.41) is 22.9. The summed E-state index contributed by atoms with van der Waals surface area (Å²) in [4.78, 5) is 20.5. The summed E-state index contributed by atoms with van der Waals surface area (Å²) in [6, 6.07) is 2.03. The molecule has 0 aliphatic heterocycles. The molecule has 0 spiro atoms. The van der Waals surface area contributed by atoms with E-state index in [1.165, 1.54) is 6.33 Å². The highest BCUT2D eigenvalue weighted by Crippen LogP contribution is 2.31. The summed E-state index contributed by atoms with van der Waals surface area (Å²) in [7, 11) is 0. The molecule has 0 atom stereocenters. The first-order valence-corrected chi connectivity index (χ1v) is 6.50. The second kappa shape index (κ2) is 7.89. The van der Waals surface area contributed by atoms with Gasteiger partial charge in [0, 0.05) is 19.6 Å². The SMILES string of the molecule is CCCNc1ncnc(N(CC)CCC#N)c1[N+](=O)[O-]. The zero-order valence-electron chi connectivity index (χ0n) is 11.7. The van der Waals surface area contributed by atoms with Crippen molar-refractivity contribution in [2.24, 2.45) is 0 Å². The highest BCUT2D eigenvalue weighted by Gasteiger charge is 2.25. The zero-order valence-corrected chi connectivity index (χ0v) is 11.7. The lowest BCUT2D eigenvalue weighted by Gasteiger charge is -2.20. The van der Waals surface area contributed by atoms with Crippen molar-refractivity contribution in [1.82, 2.24) is 9.97 Å². The van der Waals surface area contributed by atoms with Gasteiger partial charge in [-0.1, -0.05) is 6.92 Å². The quantitative estimate of drug-likeness (QED) is 0.571. The first kappa shape index (κ1) is 15.6. The summed E-state index contributed by atoms with van der Waals surface area (Å²) >= 11 is 0. The van der Waals surface area contributed by atoms with E-state index in [0.29, 0.717) is 19.6 Å². The third-order valence-electron chi connectivity index (χ3n) is 2.70. The Morgan fingerprint density at radius 2 is 2.25 bits per heavy atom. The molecule has 8 nitrogen and oxygen atoms in total. The molecule has 1 aromatic heterocycles. The smallest absolute Gasteiger partial charge is 0.353 e. The summed E-state index contributed by atoms with van der Waals surface area (Å²) < 4.78 is 0. The van der Waals surface area contributed by atoms with Crippen LogP contribution in [0.2, 0.25) is 0 Å². The molecule has 1 aromatic rings. The van der Waals surface area contributed by atoms with Gasteiger partial charge in [0.1, 0.15) is 6.33 Å². The van der Waals surface area contributed by atoms with Crippen LogP contribution in [0.1, 0.15) is 26.7 Å². The van der Waals surface area contributed by atoms with E-state index in [-0.39, 0.29) is 23.7 Å². The molecule has 0 bridgehead atoms. The van der Waals surface area contributed by atoms with E-state index in [9.17, 15) is 10.1 Å². The van der Waals surface area contributed by atoms with E-state index in [1.807, 2.05) is 19.9 Å². The van der Waals surface area contributed by atoms with Crippen molar-refractivity contribution in [3.8, 4) is 6.07 Å². The fourth-order valence-corrected chi connectivity index (χ4v) is 1.74. The highest BCUT2D eigenvalue weighted by atomic mass is 16.6. The molecule has 0 saturated heterocycles. The van der Waals surface area contributed by atoms with Crippen LogP contribution in [-0.2, 0) is 0 Å². The van der Waals surface area contributed by atoms with Gasteiger partial charge in [0.25, 0.3) is 0 Å². The molecular weight excluding hydrogens is 260 g/mol. The number of nitriles is 1. The Morgan fingerprint density at radius 3 is 2.80 bits per heavy atom. The Morgan fingerprint density at radius 1 is 1.50 bits per heavy atom. The van der Waals surface area contributed by atoms with Gasteiger partial charge in [-0.25, -0.2) is 9.97 Å². The number of anilines is 2. The number of aromatic nitrogens is 2. The van der Waals surface area contributed by atoms with E-state index in [4.69, 9.17) is 5.26 Å². The molecule has 0 aliphatic carbocycles. The number of hydrogen-bond acceptors (Lipinski definition) is 7. The van der Waals surface area contributed by atoms with Crippen LogP contribution in [0.3, 0.4) is 0 Å². The topological polar surface area (TPSA) is 108 Å². The van der Waals surface area contributed by atoms with Crippen molar-refractivity contribution in [1.29, 1.82) is 5.26 Å². The van der Waals surface area contributed by atoms with Gasteiger partial charge in [0.2, 0.25) is 11.6 Å². The van der Waals surface area contributed by atoms with Crippen LogP contribution in [0.15, 0.2) is 6.33 Å². The average molecular weight is 278 g/mol. The molecule has 0 fully saturated rings. The van der Waals surface area contributed by atoms with Gasteiger partial charge >= 0.3 is 5.69 Å². The summed E-state index contributed by atoms with van der Waals surface area (Å²) in [5.74, 6) is 0.471. The first-order valence-electron chi connectivity index (χ1n) is 6.50. The zero-order chi connectivity index (χ0) is 15.0. The normalized spacial score (nSPS) is 9.85. The number of rotatable bonds is 8. The van der Waals surface area contributed by atoms with Crippen LogP contribution < -0.4 is 10.2 Å². The maximum Gasteiger partial charge on any atom is 0.353 e. The van der Waals surface area contributed by atoms with Gasteiger partial charge in [-0.2, -0.15) is 5.26 Å². The van der Waals surface area contributed by atoms with Gasteiger partial charge < -0.3 is 10.2 Å². The van der Waals surface area contributed by atoms with E-state index < -0.39 is 4.92 Å². The fraction of sp³-hybridized carbons (Fsp3) is 0.583. The summed E-state index contributed by atoms with van der Waals surface area (Å²) in [6.45, 7) is 5.36. The van der Waals surface area contributed by atoms with Crippen LogP contribution in [0, 0.1) is 21.4 Å². The number of nitrogens with one attached hydrogen (secondary N) is 1. The average Bonchev–Trinajstić information content (AvgIpc) is 2.45. The van der Waals surface area contributed by atoms with E-state index in [2.05, 4.69) is 15.3 Å². The van der Waals surface area contributed by atoms with Crippen molar-refractivity contribution in [3.63, 3.8) is 0 Å². The maximum atomic E-state index is 11.3. The Hall–Kier alpha value is -2.43. The van der Waals surface area contributed by atoms with Gasteiger partial charge in [-0.15, -0.1) is 0 Å². The summed E-state index contributed by atoms with van der Waals surface area (Å²) in [5.41, 5.74) is -0.138. The molecule has 20 heavy (non-hydrogen) atoms. The predicted molar refractivity (Wildman–Crippen MR) is 75.6 cm³/mol. The monoisotopic (exact) mass is 278 g/mol. The second-order valence-electron chi connectivity index (χ2n) is 4.07. The van der Waals surface area contributed by atoms with Crippen LogP contribution in [0.25, 0.3) is 0 Å². The van der Waals surface area contributed by atoms with Gasteiger partial charge in [0.05, 0.1) is 17.4 Å². The highest BCUT2D eigenvalue weighted by molar-refractivity contribution is 5.70. The van der Waals surface area contributed by atoms with Gasteiger partial charge in [0.15, 0.2) is 0 Å². The molecule has 0 aromatic carbocycles. The molecule has 1 N–H and O–H groups in total. The molecule has 0 amide bonds. The lowest BCUT2D eigenvalue weighted by molar-refractivity contribution is -0.383. The molecule has 1 heterocycles. The van der Waals surface area contributed by atoms with Crippen molar-refractivity contribution in [2.45, 2.75) is 26.7 Å². The maximum absolute atomic E-state index is 11.3. The van der Waals surface area contributed by atoms with Crippen LogP contribution in [0.5, 0.6) is 0 Å². The minimum Gasteiger partial charge on any atom is -0.364 e. The molecule has 0 saturated carbocycles. The van der Waals surface area contributed by atoms with Crippen LogP contribution in [0.4, 0.5) is 17.3 Å². The molecule has 0 aliphatic rings. The molecular formula is C12H18N6O2. The molecule has 108 valence electrons. The third kappa shape index (κ3) is 3.78. The van der Waals surface area contributed by atoms with Crippen molar-refractivity contribution in [3.05, 3.63) is 16.4 Å². The first-order chi connectivity index (χ1) is 9.65. The predicted octanol–water partition coefficient (Wildman–Crippen LogP) is 1.95. The van der Waals surface area contributed by atoms with Crippen molar-refractivity contribution < 1.29 is 4.92 Å². The Balaban J connectivity index is 3.16. The lowest BCUT2D eigenvalue weighted by Crippen LogP contribution is -2.26. The van der Waals surface area contributed by atoms with E-state index >= 15 is 0 Å². The molecule has 0 radical (unpaired) electrons. The van der Waals surface area contributed by atoms with Crippen LogP contribution in [-0.4, -0.2) is 34.5 Å². The Kier molecular flexibility index (Phi) is 6.16. The minimum atomic E-state index is -0.484. The third-order valence-corrected chi connectivity index (χ3v) is 2.70. The number of hydrogen-bond donors (Lipinski definition) is 1. The Bertz CT molecular complexity index is 499. The molecule has 0 unspecified atom stereocenters. The fourth-order valence-electron chi connectivity index (χ4n) is 1.74. The minimum absolute atomic E-state index is 0.138.